The van der Waals surface area contributed by atoms with Crippen LogP contribution >= 0.6 is 0 Å². The number of aromatic nitrogens is 2. The Morgan fingerprint density at radius 1 is 1.31 bits per heavy atom. The summed E-state index contributed by atoms with van der Waals surface area (Å²) >= 11 is 0. The van der Waals surface area contributed by atoms with Gasteiger partial charge in [-0.15, -0.1) is 0 Å². The van der Waals surface area contributed by atoms with Gasteiger partial charge in [0.15, 0.2) is 0 Å². The van der Waals surface area contributed by atoms with E-state index < -0.39 is 0 Å². The first-order valence-corrected chi connectivity index (χ1v) is 5.95. The molecule has 1 saturated heterocycles. The Balaban J connectivity index is 0.000000125. The Morgan fingerprint density at radius 2 is 2.19 bits per heavy atom. The topological polar surface area (TPSA) is 40.7 Å². The molecule has 1 fully saturated rings. The van der Waals surface area contributed by atoms with Gasteiger partial charge in [0.2, 0.25) is 0 Å². The first-order valence-electron chi connectivity index (χ1n) is 5.95. The number of benzene rings is 1. The third-order valence-electron chi connectivity index (χ3n) is 2.87. The van der Waals surface area contributed by atoms with Crippen LogP contribution in [0.3, 0.4) is 0 Å². The molecule has 0 spiro atoms. The van der Waals surface area contributed by atoms with Crippen LogP contribution < -0.4 is 5.32 Å². The van der Waals surface area contributed by atoms with Crippen molar-refractivity contribution in [1.29, 1.82) is 0 Å². The van der Waals surface area contributed by atoms with Crippen LogP contribution in [0.4, 0.5) is 0 Å². The molecule has 2 heterocycles. The van der Waals surface area contributed by atoms with E-state index in [0.29, 0.717) is 0 Å². The van der Waals surface area contributed by atoms with Crippen LogP contribution in [0, 0.1) is 5.92 Å². The van der Waals surface area contributed by atoms with Gasteiger partial charge in [-0.2, -0.15) is 0 Å². The van der Waals surface area contributed by atoms with E-state index in [-0.39, 0.29) is 0 Å². The van der Waals surface area contributed by atoms with E-state index in [2.05, 4.69) is 22.2 Å². The van der Waals surface area contributed by atoms with E-state index in [1.54, 1.807) is 6.33 Å². The molecule has 1 aromatic heterocycles. The van der Waals surface area contributed by atoms with Crippen LogP contribution in [0.5, 0.6) is 0 Å². The summed E-state index contributed by atoms with van der Waals surface area (Å²) in [5.74, 6) is 0.925. The average molecular weight is 217 g/mol. The fourth-order valence-electron chi connectivity index (χ4n) is 1.91. The highest BCUT2D eigenvalue weighted by molar-refractivity contribution is 5.73. The summed E-state index contributed by atoms with van der Waals surface area (Å²) in [6.45, 7) is 4.77. The lowest BCUT2D eigenvalue weighted by atomic mass is 10.0. The molecule has 3 nitrogen and oxygen atoms in total. The minimum Gasteiger partial charge on any atom is -0.345 e. The Labute approximate surface area is 96.3 Å². The van der Waals surface area contributed by atoms with Crippen LogP contribution in [-0.4, -0.2) is 23.1 Å². The van der Waals surface area contributed by atoms with Crippen molar-refractivity contribution in [3.63, 3.8) is 0 Å². The van der Waals surface area contributed by atoms with Crippen molar-refractivity contribution >= 4 is 11.0 Å². The third-order valence-corrected chi connectivity index (χ3v) is 2.87. The molecule has 0 amide bonds. The number of nitrogens with one attached hydrogen (secondary N) is 2. The molecule has 3 heteroatoms. The predicted molar refractivity (Wildman–Crippen MR) is 67.4 cm³/mol. The number of fused-ring (bicyclic) bond motifs is 1. The summed E-state index contributed by atoms with van der Waals surface area (Å²) in [5.41, 5.74) is 2.12. The zero-order chi connectivity index (χ0) is 11.2. The van der Waals surface area contributed by atoms with Gasteiger partial charge >= 0.3 is 0 Å². The molecule has 2 aromatic rings. The first kappa shape index (κ1) is 11.1. The van der Waals surface area contributed by atoms with Gasteiger partial charge in [0.1, 0.15) is 0 Å². The zero-order valence-corrected chi connectivity index (χ0v) is 9.74. The van der Waals surface area contributed by atoms with E-state index in [4.69, 9.17) is 0 Å². The largest absolute Gasteiger partial charge is 0.345 e. The molecular formula is C13H19N3. The monoisotopic (exact) mass is 217 g/mol. The minimum absolute atomic E-state index is 0.925. The average Bonchev–Trinajstić information content (AvgIpc) is 2.79. The summed E-state index contributed by atoms with van der Waals surface area (Å²) in [4.78, 5) is 7.07. The number of rotatable bonds is 0. The van der Waals surface area contributed by atoms with Gasteiger partial charge < -0.3 is 10.3 Å². The fourth-order valence-corrected chi connectivity index (χ4v) is 1.91. The predicted octanol–water partition coefficient (Wildman–Crippen LogP) is 2.57. The van der Waals surface area contributed by atoms with E-state index in [9.17, 15) is 0 Å². The van der Waals surface area contributed by atoms with Crippen molar-refractivity contribution in [1.82, 2.24) is 15.3 Å². The lowest BCUT2D eigenvalue weighted by Gasteiger charge is -2.17. The smallest absolute Gasteiger partial charge is 0.0931 e. The molecule has 0 radical (unpaired) electrons. The second-order valence-electron chi connectivity index (χ2n) is 4.37. The van der Waals surface area contributed by atoms with Crippen LogP contribution in [0.1, 0.15) is 19.8 Å². The van der Waals surface area contributed by atoms with Gasteiger partial charge in [0, 0.05) is 0 Å². The second kappa shape index (κ2) is 5.66. The van der Waals surface area contributed by atoms with Crippen LogP contribution in [0.15, 0.2) is 30.6 Å². The summed E-state index contributed by atoms with van der Waals surface area (Å²) in [7, 11) is 0. The summed E-state index contributed by atoms with van der Waals surface area (Å²) in [6.07, 6.45) is 4.50. The zero-order valence-electron chi connectivity index (χ0n) is 9.74. The molecule has 1 aliphatic heterocycles. The molecule has 86 valence electrons. The number of imidazole rings is 1. The highest BCUT2D eigenvalue weighted by Gasteiger charge is 2.04. The van der Waals surface area contributed by atoms with Crippen LogP contribution in [0.25, 0.3) is 11.0 Å². The third kappa shape index (κ3) is 3.07. The SMILES string of the molecule is CC1CCCNC1.c1ccc2[nH]cnc2c1. The van der Waals surface area contributed by atoms with Gasteiger partial charge in [0.05, 0.1) is 17.4 Å². The second-order valence-corrected chi connectivity index (χ2v) is 4.37. The highest BCUT2D eigenvalue weighted by Crippen LogP contribution is 2.06. The van der Waals surface area contributed by atoms with E-state index in [1.165, 1.54) is 25.9 Å². The van der Waals surface area contributed by atoms with Crippen LogP contribution in [-0.2, 0) is 0 Å². The standard InChI is InChI=1S/C7H6N2.C6H13N/c1-2-4-7-6(3-1)8-5-9-7;1-6-3-2-4-7-5-6/h1-5H,(H,8,9);6-7H,2-5H2,1H3. The quantitative estimate of drug-likeness (QED) is 0.712. The maximum Gasteiger partial charge on any atom is 0.0931 e. The van der Waals surface area contributed by atoms with Gasteiger partial charge in [-0.05, 0) is 44.0 Å². The molecule has 0 saturated carbocycles. The lowest BCUT2D eigenvalue weighted by Crippen LogP contribution is -2.27. The summed E-state index contributed by atoms with van der Waals surface area (Å²) in [6, 6.07) is 7.94. The molecule has 1 unspecified atom stereocenters. The van der Waals surface area contributed by atoms with E-state index in [1.807, 2.05) is 24.3 Å². The molecule has 1 aliphatic rings. The van der Waals surface area contributed by atoms with E-state index in [0.717, 1.165) is 17.0 Å². The van der Waals surface area contributed by atoms with Gasteiger partial charge in [-0.3, -0.25) is 0 Å². The Hall–Kier alpha value is -1.35. The number of aromatic amines is 1. The Bertz CT molecular complexity index is 386. The lowest BCUT2D eigenvalue weighted by molar-refractivity contribution is 0.405. The Kier molecular flexibility index (Phi) is 3.94. The molecule has 16 heavy (non-hydrogen) atoms. The molecule has 3 rings (SSSR count). The van der Waals surface area contributed by atoms with Crippen molar-refractivity contribution in [2.45, 2.75) is 19.8 Å². The molecule has 2 N–H and O–H groups in total. The number of para-hydroxylation sites is 2. The van der Waals surface area contributed by atoms with Crippen molar-refractivity contribution in [2.75, 3.05) is 13.1 Å². The summed E-state index contributed by atoms with van der Waals surface area (Å²) < 4.78 is 0. The highest BCUT2D eigenvalue weighted by atomic mass is 14.9. The maximum atomic E-state index is 4.06. The Morgan fingerprint density at radius 3 is 2.81 bits per heavy atom. The molecule has 1 atom stereocenters. The number of nitrogens with zero attached hydrogens (tertiary/aromatic N) is 1. The van der Waals surface area contributed by atoms with E-state index >= 15 is 0 Å². The number of piperidine rings is 1. The fraction of sp³-hybridized carbons (Fsp3) is 0.462. The van der Waals surface area contributed by atoms with Gasteiger partial charge in [0.25, 0.3) is 0 Å². The van der Waals surface area contributed by atoms with Crippen molar-refractivity contribution in [3.8, 4) is 0 Å². The molecule has 0 bridgehead atoms. The van der Waals surface area contributed by atoms with Crippen molar-refractivity contribution in [3.05, 3.63) is 30.6 Å². The number of H-pyrrole nitrogens is 1. The number of hydrogen-bond donors (Lipinski definition) is 2. The van der Waals surface area contributed by atoms with Gasteiger partial charge in [-0.25, -0.2) is 4.98 Å². The summed E-state index contributed by atoms with van der Waals surface area (Å²) in [5, 5.41) is 3.33. The minimum atomic E-state index is 0.925. The first-order chi connectivity index (χ1) is 7.86. The number of hydrogen-bond acceptors (Lipinski definition) is 2. The van der Waals surface area contributed by atoms with Crippen LogP contribution in [0.2, 0.25) is 0 Å². The van der Waals surface area contributed by atoms with Crippen molar-refractivity contribution < 1.29 is 0 Å². The van der Waals surface area contributed by atoms with Gasteiger partial charge in [-0.1, -0.05) is 19.1 Å². The maximum absolute atomic E-state index is 4.06. The molecule has 1 aromatic carbocycles. The molecule has 0 aliphatic carbocycles. The normalized spacial score (nSPS) is 20.2. The molecular weight excluding hydrogens is 198 g/mol. The van der Waals surface area contributed by atoms with Crippen molar-refractivity contribution in [2.24, 2.45) is 5.92 Å².